The Hall–Kier alpha value is -2.01. The van der Waals surface area contributed by atoms with E-state index in [4.69, 9.17) is 14.2 Å². The number of ether oxygens (including phenoxy) is 3. The van der Waals surface area contributed by atoms with Crippen LogP contribution >= 0.6 is 17.0 Å². The van der Waals surface area contributed by atoms with Crippen molar-refractivity contribution in [2.45, 2.75) is 0 Å². The van der Waals surface area contributed by atoms with Crippen LogP contribution < -0.4 is 14.2 Å². The molecule has 0 aliphatic carbocycles. The van der Waals surface area contributed by atoms with E-state index in [1.165, 1.54) is 14.2 Å². The van der Waals surface area contributed by atoms with Crippen LogP contribution in [-0.4, -0.2) is 20.2 Å². The molecular weight excluding hydrogens is 324 g/mol. The summed E-state index contributed by atoms with van der Waals surface area (Å²) in [4.78, 5) is 12.0. The van der Waals surface area contributed by atoms with Gasteiger partial charge in [0, 0.05) is 0 Å². The number of carbonyl (C=O) groups is 1. The molecule has 0 saturated carbocycles. The third-order valence-corrected chi connectivity index (χ3v) is 2.59. The largest absolute Gasteiger partial charge is 0.493 e. The Morgan fingerprint density at radius 3 is 1.90 bits per heavy atom. The standard InChI is InChI=1S/C15H14O4.BrH/c1-17-12-9-6-10-13(18-2)14(12)19-15(16)11-7-4-3-5-8-11;/h3-10H,1-2H3;1H. The first-order chi connectivity index (χ1) is 9.26. The van der Waals surface area contributed by atoms with Crippen LogP contribution in [0.3, 0.4) is 0 Å². The van der Waals surface area contributed by atoms with E-state index >= 15 is 0 Å². The van der Waals surface area contributed by atoms with Crippen LogP contribution in [0.1, 0.15) is 10.4 Å². The molecule has 2 aromatic rings. The quantitative estimate of drug-likeness (QED) is 0.632. The number of para-hydroxylation sites is 1. The van der Waals surface area contributed by atoms with Gasteiger partial charge in [0.25, 0.3) is 0 Å². The topological polar surface area (TPSA) is 44.8 Å². The van der Waals surface area contributed by atoms with Gasteiger partial charge in [-0.3, -0.25) is 0 Å². The monoisotopic (exact) mass is 338 g/mol. The van der Waals surface area contributed by atoms with Crippen molar-refractivity contribution >= 4 is 23.0 Å². The average Bonchev–Trinajstić information content (AvgIpc) is 2.48. The number of hydrogen-bond donors (Lipinski definition) is 0. The van der Waals surface area contributed by atoms with Crippen LogP contribution in [0, 0.1) is 0 Å². The summed E-state index contributed by atoms with van der Waals surface area (Å²) in [6.45, 7) is 0. The van der Waals surface area contributed by atoms with Gasteiger partial charge in [0.15, 0.2) is 11.5 Å². The van der Waals surface area contributed by atoms with E-state index in [-0.39, 0.29) is 22.7 Å². The highest BCUT2D eigenvalue weighted by atomic mass is 79.9. The maximum atomic E-state index is 12.0. The summed E-state index contributed by atoms with van der Waals surface area (Å²) in [6, 6.07) is 13.9. The van der Waals surface area contributed by atoms with Crippen molar-refractivity contribution in [2.75, 3.05) is 14.2 Å². The van der Waals surface area contributed by atoms with E-state index in [1.54, 1.807) is 42.5 Å². The van der Waals surface area contributed by atoms with E-state index in [2.05, 4.69) is 0 Å². The molecule has 0 radical (unpaired) electrons. The normalized spacial score (nSPS) is 9.30. The van der Waals surface area contributed by atoms with Gasteiger partial charge in [0.05, 0.1) is 19.8 Å². The highest BCUT2D eigenvalue weighted by molar-refractivity contribution is 8.93. The van der Waals surface area contributed by atoms with Gasteiger partial charge in [-0.25, -0.2) is 4.79 Å². The molecule has 2 rings (SSSR count). The lowest BCUT2D eigenvalue weighted by molar-refractivity contribution is 0.0724. The number of hydrogen-bond acceptors (Lipinski definition) is 4. The number of benzene rings is 2. The molecule has 0 unspecified atom stereocenters. The minimum absolute atomic E-state index is 0. The minimum atomic E-state index is -0.455. The Bertz CT molecular complexity index is 547. The summed E-state index contributed by atoms with van der Waals surface area (Å²) >= 11 is 0. The van der Waals surface area contributed by atoms with Gasteiger partial charge in [0.2, 0.25) is 5.75 Å². The van der Waals surface area contributed by atoms with Crippen molar-refractivity contribution in [2.24, 2.45) is 0 Å². The molecule has 4 nitrogen and oxygen atoms in total. The van der Waals surface area contributed by atoms with Gasteiger partial charge in [0.1, 0.15) is 0 Å². The maximum Gasteiger partial charge on any atom is 0.343 e. The Balaban J connectivity index is 0.00000200. The lowest BCUT2D eigenvalue weighted by atomic mass is 10.2. The van der Waals surface area contributed by atoms with Crippen molar-refractivity contribution in [1.82, 2.24) is 0 Å². The highest BCUT2D eigenvalue weighted by Gasteiger charge is 2.16. The molecular formula is C15H15BrO4. The zero-order chi connectivity index (χ0) is 13.7. The van der Waals surface area contributed by atoms with Crippen molar-refractivity contribution in [3.63, 3.8) is 0 Å². The van der Waals surface area contributed by atoms with Crippen LogP contribution in [0.25, 0.3) is 0 Å². The van der Waals surface area contributed by atoms with Gasteiger partial charge >= 0.3 is 5.97 Å². The molecule has 5 heteroatoms. The lowest BCUT2D eigenvalue weighted by Crippen LogP contribution is -2.09. The lowest BCUT2D eigenvalue weighted by Gasteiger charge is -2.12. The first kappa shape index (κ1) is 16.0. The van der Waals surface area contributed by atoms with Gasteiger partial charge < -0.3 is 14.2 Å². The summed E-state index contributed by atoms with van der Waals surface area (Å²) in [5.41, 5.74) is 0.468. The molecule has 0 aliphatic rings. The SMILES string of the molecule is Br.COc1cccc(OC)c1OC(=O)c1ccccc1. The molecule has 0 spiro atoms. The number of halogens is 1. The molecule has 20 heavy (non-hydrogen) atoms. The number of esters is 1. The number of rotatable bonds is 4. The summed E-state index contributed by atoms with van der Waals surface area (Å²) in [5, 5.41) is 0. The third kappa shape index (κ3) is 3.51. The molecule has 0 aromatic heterocycles. The first-order valence-corrected chi connectivity index (χ1v) is 5.74. The molecule has 0 bridgehead atoms. The minimum Gasteiger partial charge on any atom is -0.493 e. The Morgan fingerprint density at radius 2 is 1.40 bits per heavy atom. The zero-order valence-electron chi connectivity index (χ0n) is 11.2. The molecule has 0 fully saturated rings. The summed E-state index contributed by atoms with van der Waals surface area (Å²) < 4.78 is 15.7. The van der Waals surface area contributed by atoms with E-state index < -0.39 is 5.97 Å². The molecule has 0 atom stereocenters. The van der Waals surface area contributed by atoms with Crippen molar-refractivity contribution in [3.05, 3.63) is 54.1 Å². The van der Waals surface area contributed by atoms with Gasteiger partial charge in [-0.05, 0) is 24.3 Å². The van der Waals surface area contributed by atoms with E-state index in [1.807, 2.05) is 6.07 Å². The van der Waals surface area contributed by atoms with Crippen molar-refractivity contribution in [3.8, 4) is 17.2 Å². The van der Waals surface area contributed by atoms with Crippen molar-refractivity contribution < 1.29 is 19.0 Å². The second-order valence-electron chi connectivity index (χ2n) is 3.75. The maximum absolute atomic E-state index is 12.0. The smallest absolute Gasteiger partial charge is 0.343 e. The van der Waals surface area contributed by atoms with Gasteiger partial charge in [-0.15, -0.1) is 17.0 Å². The predicted molar refractivity (Wildman–Crippen MR) is 81.3 cm³/mol. The van der Waals surface area contributed by atoms with Gasteiger partial charge in [-0.1, -0.05) is 24.3 Å². The summed E-state index contributed by atoms with van der Waals surface area (Å²) in [6.07, 6.45) is 0. The summed E-state index contributed by atoms with van der Waals surface area (Å²) in [5.74, 6) is 0.719. The molecule has 0 N–H and O–H groups in total. The average molecular weight is 339 g/mol. The molecule has 106 valence electrons. The van der Waals surface area contributed by atoms with Crippen LogP contribution in [0.2, 0.25) is 0 Å². The number of methoxy groups -OCH3 is 2. The van der Waals surface area contributed by atoms with E-state index in [9.17, 15) is 4.79 Å². The molecule has 0 amide bonds. The van der Waals surface area contributed by atoms with Crippen LogP contribution in [0.5, 0.6) is 17.2 Å². The van der Waals surface area contributed by atoms with Crippen LogP contribution in [-0.2, 0) is 0 Å². The number of carbonyl (C=O) groups excluding carboxylic acids is 1. The Kier molecular flexibility index (Phi) is 6.06. The van der Waals surface area contributed by atoms with Crippen LogP contribution in [0.4, 0.5) is 0 Å². The molecule has 0 heterocycles. The highest BCUT2D eigenvalue weighted by Crippen LogP contribution is 2.37. The Morgan fingerprint density at radius 1 is 0.850 bits per heavy atom. The van der Waals surface area contributed by atoms with E-state index in [0.29, 0.717) is 17.1 Å². The first-order valence-electron chi connectivity index (χ1n) is 5.74. The molecule has 0 saturated heterocycles. The fourth-order valence-corrected chi connectivity index (χ4v) is 1.64. The zero-order valence-corrected chi connectivity index (χ0v) is 12.9. The third-order valence-electron chi connectivity index (χ3n) is 2.59. The fraction of sp³-hybridized carbons (Fsp3) is 0.133. The van der Waals surface area contributed by atoms with Crippen molar-refractivity contribution in [1.29, 1.82) is 0 Å². The van der Waals surface area contributed by atoms with Gasteiger partial charge in [-0.2, -0.15) is 0 Å². The van der Waals surface area contributed by atoms with E-state index in [0.717, 1.165) is 0 Å². The fourth-order valence-electron chi connectivity index (χ4n) is 1.64. The van der Waals surface area contributed by atoms with Crippen LogP contribution in [0.15, 0.2) is 48.5 Å². The molecule has 2 aromatic carbocycles. The Labute approximate surface area is 128 Å². The molecule has 0 aliphatic heterocycles. The summed E-state index contributed by atoms with van der Waals surface area (Å²) in [7, 11) is 3.02. The second kappa shape index (κ2) is 7.55. The predicted octanol–water partition coefficient (Wildman–Crippen LogP) is 3.50. The second-order valence-corrected chi connectivity index (χ2v) is 3.75.